The summed E-state index contributed by atoms with van der Waals surface area (Å²) >= 11 is 0. The number of pyridine rings is 1. The summed E-state index contributed by atoms with van der Waals surface area (Å²) < 4.78 is 0. The Balaban J connectivity index is 1.51. The van der Waals surface area contributed by atoms with E-state index in [9.17, 15) is 4.79 Å². The second kappa shape index (κ2) is 8.52. The van der Waals surface area contributed by atoms with Crippen molar-refractivity contribution in [2.45, 2.75) is 13.3 Å². The van der Waals surface area contributed by atoms with Gasteiger partial charge in [0, 0.05) is 36.0 Å². The molecular formula is C24H22N4O. The van der Waals surface area contributed by atoms with Gasteiger partial charge in [0.2, 0.25) is 0 Å². The van der Waals surface area contributed by atoms with E-state index in [1.165, 1.54) is 5.56 Å². The number of aryl methyl sites for hydroxylation is 1. The van der Waals surface area contributed by atoms with Crippen molar-refractivity contribution in [3.63, 3.8) is 0 Å². The molecule has 0 saturated heterocycles. The number of rotatable bonds is 6. The summed E-state index contributed by atoms with van der Waals surface area (Å²) in [6.07, 6.45) is 2.45. The van der Waals surface area contributed by atoms with Crippen molar-refractivity contribution >= 4 is 5.91 Å². The minimum absolute atomic E-state index is 0.114. The van der Waals surface area contributed by atoms with Crippen molar-refractivity contribution in [1.29, 1.82) is 0 Å². The summed E-state index contributed by atoms with van der Waals surface area (Å²) in [5, 5.41) is 10.5. The highest BCUT2D eigenvalue weighted by atomic mass is 16.1. The summed E-state index contributed by atoms with van der Waals surface area (Å²) in [7, 11) is 0. The first kappa shape index (κ1) is 18.6. The third-order valence-corrected chi connectivity index (χ3v) is 4.78. The van der Waals surface area contributed by atoms with Crippen LogP contribution in [-0.2, 0) is 6.42 Å². The monoisotopic (exact) mass is 382 g/mol. The Morgan fingerprint density at radius 3 is 2.59 bits per heavy atom. The molecule has 0 unspecified atom stereocenters. The van der Waals surface area contributed by atoms with Crippen LogP contribution in [0.4, 0.5) is 0 Å². The molecule has 5 heteroatoms. The van der Waals surface area contributed by atoms with E-state index in [4.69, 9.17) is 0 Å². The molecule has 0 spiro atoms. The van der Waals surface area contributed by atoms with Crippen molar-refractivity contribution < 1.29 is 4.79 Å². The fourth-order valence-electron chi connectivity index (χ4n) is 3.19. The van der Waals surface area contributed by atoms with Crippen LogP contribution in [0.2, 0.25) is 0 Å². The molecule has 29 heavy (non-hydrogen) atoms. The Kier molecular flexibility index (Phi) is 5.47. The summed E-state index contributed by atoms with van der Waals surface area (Å²) in [4.78, 5) is 17.1. The SMILES string of the molecule is Cc1ccc(-c2cc(-c3ccccc3C(=O)NCCc3ccccn3)n[nH]2)cc1. The lowest BCUT2D eigenvalue weighted by molar-refractivity contribution is 0.0954. The van der Waals surface area contributed by atoms with Crippen LogP contribution in [0.1, 0.15) is 21.6 Å². The Labute approximate surface area is 169 Å². The quantitative estimate of drug-likeness (QED) is 0.519. The van der Waals surface area contributed by atoms with Gasteiger partial charge in [-0.05, 0) is 36.8 Å². The Morgan fingerprint density at radius 1 is 1.00 bits per heavy atom. The van der Waals surface area contributed by atoms with E-state index < -0.39 is 0 Å². The smallest absolute Gasteiger partial charge is 0.251 e. The fourth-order valence-corrected chi connectivity index (χ4v) is 3.19. The Morgan fingerprint density at radius 2 is 1.79 bits per heavy atom. The zero-order valence-electron chi connectivity index (χ0n) is 16.2. The van der Waals surface area contributed by atoms with Gasteiger partial charge >= 0.3 is 0 Å². The number of aromatic amines is 1. The molecule has 4 aromatic rings. The van der Waals surface area contributed by atoms with Gasteiger partial charge in [-0.3, -0.25) is 14.9 Å². The van der Waals surface area contributed by atoms with Crippen LogP contribution in [0, 0.1) is 6.92 Å². The van der Waals surface area contributed by atoms with Crippen molar-refractivity contribution in [2.24, 2.45) is 0 Å². The third-order valence-electron chi connectivity index (χ3n) is 4.78. The lowest BCUT2D eigenvalue weighted by Gasteiger charge is -2.08. The van der Waals surface area contributed by atoms with Crippen LogP contribution >= 0.6 is 0 Å². The van der Waals surface area contributed by atoms with E-state index in [1.54, 1.807) is 6.20 Å². The summed E-state index contributed by atoms with van der Waals surface area (Å²) in [6.45, 7) is 2.59. The summed E-state index contributed by atoms with van der Waals surface area (Å²) in [5.74, 6) is -0.114. The molecule has 0 aliphatic carbocycles. The van der Waals surface area contributed by atoms with Crippen molar-refractivity contribution in [3.05, 3.63) is 95.8 Å². The average molecular weight is 382 g/mol. The number of carbonyl (C=O) groups is 1. The third kappa shape index (κ3) is 4.41. The predicted molar refractivity (Wildman–Crippen MR) is 114 cm³/mol. The van der Waals surface area contributed by atoms with E-state index in [0.717, 1.165) is 28.2 Å². The van der Waals surface area contributed by atoms with E-state index in [-0.39, 0.29) is 5.91 Å². The van der Waals surface area contributed by atoms with Gasteiger partial charge in [0.1, 0.15) is 0 Å². The highest BCUT2D eigenvalue weighted by Crippen LogP contribution is 2.26. The molecule has 0 radical (unpaired) electrons. The first-order valence-electron chi connectivity index (χ1n) is 9.60. The van der Waals surface area contributed by atoms with Gasteiger partial charge in [-0.2, -0.15) is 5.10 Å². The highest BCUT2D eigenvalue weighted by Gasteiger charge is 2.15. The largest absolute Gasteiger partial charge is 0.352 e. The zero-order chi connectivity index (χ0) is 20.1. The van der Waals surface area contributed by atoms with E-state index in [1.807, 2.05) is 48.5 Å². The number of aromatic nitrogens is 3. The van der Waals surface area contributed by atoms with Crippen LogP contribution in [0.15, 0.2) is 79.0 Å². The number of hydrogen-bond donors (Lipinski definition) is 2. The number of benzene rings is 2. The van der Waals surface area contributed by atoms with E-state index >= 15 is 0 Å². The molecular weight excluding hydrogens is 360 g/mol. The molecule has 0 fully saturated rings. The maximum Gasteiger partial charge on any atom is 0.251 e. The molecule has 144 valence electrons. The molecule has 2 aromatic heterocycles. The number of carbonyl (C=O) groups excluding carboxylic acids is 1. The molecule has 2 N–H and O–H groups in total. The molecule has 0 saturated carbocycles. The molecule has 1 amide bonds. The van der Waals surface area contributed by atoms with Crippen LogP contribution in [0.3, 0.4) is 0 Å². The van der Waals surface area contributed by atoms with Gasteiger partial charge in [0.05, 0.1) is 11.4 Å². The minimum Gasteiger partial charge on any atom is -0.352 e. The summed E-state index contributed by atoms with van der Waals surface area (Å²) in [5.41, 5.74) is 6.30. The maximum atomic E-state index is 12.8. The topological polar surface area (TPSA) is 70.7 Å². The zero-order valence-corrected chi connectivity index (χ0v) is 16.2. The fraction of sp³-hybridized carbons (Fsp3) is 0.125. The number of hydrogen-bond acceptors (Lipinski definition) is 3. The second-order valence-corrected chi connectivity index (χ2v) is 6.91. The van der Waals surface area contributed by atoms with Crippen molar-refractivity contribution in [3.8, 4) is 22.5 Å². The Hall–Kier alpha value is -3.73. The molecule has 0 bridgehead atoms. The molecule has 2 aromatic carbocycles. The number of nitrogens with zero attached hydrogens (tertiary/aromatic N) is 2. The molecule has 0 atom stereocenters. The molecule has 4 rings (SSSR count). The average Bonchev–Trinajstić information content (AvgIpc) is 3.25. The van der Waals surface area contributed by atoms with Crippen LogP contribution in [-0.4, -0.2) is 27.6 Å². The van der Waals surface area contributed by atoms with Crippen LogP contribution in [0.5, 0.6) is 0 Å². The number of nitrogens with one attached hydrogen (secondary N) is 2. The van der Waals surface area contributed by atoms with Gasteiger partial charge in [-0.25, -0.2) is 0 Å². The lowest BCUT2D eigenvalue weighted by Crippen LogP contribution is -2.26. The second-order valence-electron chi connectivity index (χ2n) is 6.91. The number of H-pyrrole nitrogens is 1. The van der Waals surface area contributed by atoms with Gasteiger partial charge in [-0.1, -0.05) is 54.1 Å². The molecule has 0 aliphatic rings. The molecule has 5 nitrogen and oxygen atoms in total. The van der Waals surface area contributed by atoms with E-state index in [2.05, 4.69) is 51.7 Å². The molecule has 2 heterocycles. The van der Waals surface area contributed by atoms with Crippen molar-refractivity contribution in [1.82, 2.24) is 20.5 Å². The normalized spacial score (nSPS) is 10.7. The van der Waals surface area contributed by atoms with E-state index in [0.29, 0.717) is 18.5 Å². The predicted octanol–water partition coefficient (Wildman–Crippen LogP) is 4.42. The highest BCUT2D eigenvalue weighted by molar-refractivity contribution is 6.00. The number of amides is 1. The lowest BCUT2D eigenvalue weighted by atomic mass is 10.0. The summed E-state index contributed by atoms with van der Waals surface area (Å²) in [6, 6.07) is 23.5. The van der Waals surface area contributed by atoms with Crippen LogP contribution < -0.4 is 5.32 Å². The standard InChI is InChI=1S/C24H22N4O/c1-17-9-11-18(12-10-17)22-16-23(28-27-22)20-7-2-3-8-21(20)24(29)26-15-13-19-6-4-5-14-25-19/h2-12,14,16H,13,15H2,1H3,(H,26,29)(H,27,28). The maximum absolute atomic E-state index is 12.8. The first-order valence-corrected chi connectivity index (χ1v) is 9.60. The van der Waals surface area contributed by atoms with Gasteiger partial charge < -0.3 is 5.32 Å². The van der Waals surface area contributed by atoms with Crippen LogP contribution in [0.25, 0.3) is 22.5 Å². The Bertz CT molecular complexity index is 1100. The minimum atomic E-state index is -0.114. The van der Waals surface area contributed by atoms with Gasteiger partial charge in [0.15, 0.2) is 0 Å². The van der Waals surface area contributed by atoms with Gasteiger partial charge in [-0.15, -0.1) is 0 Å². The van der Waals surface area contributed by atoms with Crippen molar-refractivity contribution in [2.75, 3.05) is 6.54 Å². The first-order chi connectivity index (χ1) is 14.2. The van der Waals surface area contributed by atoms with Gasteiger partial charge in [0.25, 0.3) is 5.91 Å². The molecule has 0 aliphatic heterocycles.